The Balaban J connectivity index is 1.05. The predicted octanol–water partition coefficient (Wildman–Crippen LogP) is 14.5. The summed E-state index contributed by atoms with van der Waals surface area (Å²) >= 11 is 0. The minimum atomic E-state index is -1.09. The van der Waals surface area contributed by atoms with Crippen molar-refractivity contribution in [2.24, 2.45) is 30.8 Å². The molecule has 330 valence electrons. The molecule has 0 fully saturated rings. The lowest BCUT2D eigenvalue weighted by Crippen LogP contribution is -2.13. The summed E-state index contributed by atoms with van der Waals surface area (Å²) in [6, 6.07) is 53.5. The number of benzene rings is 9. The van der Waals surface area contributed by atoms with Crippen LogP contribution in [0.15, 0.2) is 225 Å². The molecule has 2 amide bonds. The number of fused-ring (bicyclic) bond motifs is 2. The maximum absolute atomic E-state index is 13.6. The van der Waals surface area contributed by atoms with E-state index in [4.69, 9.17) is 0 Å². The van der Waals surface area contributed by atoms with Crippen molar-refractivity contribution in [3.63, 3.8) is 0 Å². The first-order valence-electron chi connectivity index (χ1n) is 21.3. The summed E-state index contributed by atoms with van der Waals surface area (Å²) in [6.07, 6.45) is 0. The maximum Gasteiger partial charge on any atom is 0.259 e. The highest BCUT2D eigenvalue weighted by Crippen LogP contribution is 2.46. The number of para-hydroxylation sites is 2. The van der Waals surface area contributed by atoms with Gasteiger partial charge in [0.25, 0.3) is 11.8 Å². The second-order valence-electron chi connectivity index (χ2n) is 15.6. The minimum Gasteiger partial charge on any atom is -0.505 e. The van der Waals surface area contributed by atoms with Gasteiger partial charge in [-0.2, -0.15) is 10.2 Å². The van der Waals surface area contributed by atoms with Gasteiger partial charge in [-0.05, 0) is 106 Å². The van der Waals surface area contributed by atoms with Crippen LogP contribution in [0.2, 0.25) is 0 Å². The summed E-state index contributed by atoms with van der Waals surface area (Å²) in [4.78, 5) is 51.5. The van der Waals surface area contributed by atoms with Crippen LogP contribution < -0.4 is 10.6 Å². The van der Waals surface area contributed by atoms with Gasteiger partial charge in [0, 0.05) is 33.3 Å². The molecule has 9 aromatic carbocycles. The lowest BCUT2D eigenvalue weighted by molar-refractivity contribution is 0.101. The monoisotopic (exact) mass is 894 g/mol. The zero-order valence-corrected chi connectivity index (χ0v) is 35.8. The van der Waals surface area contributed by atoms with E-state index in [-0.39, 0.29) is 34.2 Å². The molecule has 2 unspecified atom stereocenters. The van der Waals surface area contributed by atoms with Crippen LogP contribution in [0.1, 0.15) is 55.1 Å². The highest BCUT2D eigenvalue weighted by atomic mass is 16.3. The number of anilines is 2. The summed E-state index contributed by atoms with van der Waals surface area (Å²) < 4.78 is 0. The van der Waals surface area contributed by atoms with Gasteiger partial charge in [-0.15, -0.1) is 20.0 Å². The first-order valence-corrected chi connectivity index (χ1v) is 21.3. The Bertz CT molecular complexity index is 3390. The van der Waals surface area contributed by atoms with Gasteiger partial charge in [0.05, 0.1) is 16.9 Å². The molecule has 0 heterocycles. The van der Waals surface area contributed by atoms with Crippen molar-refractivity contribution in [1.29, 1.82) is 0 Å². The van der Waals surface area contributed by atoms with Crippen LogP contribution in [0, 0.1) is 9.81 Å². The van der Waals surface area contributed by atoms with Crippen LogP contribution in [0.5, 0.6) is 11.5 Å². The molecular formula is C54H38N8O6. The van der Waals surface area contributed by atoms with Crippen molar-refractivity contribution in [1.82, 2.24) is 0 Å². The highest BCUT2D eigenvalue weighted by molar-refractivity contribution is 6.13. The van der Waals surface area contributed by atoms with Gasteiger partial charge in [-0.25, -0.2) is 0 Å². The van der Waals surface area contributed by atoms with Gasteiger partial charge in [0.2, 0.25) is 0 Å². The van der Waals surface area contributed by atoms with E-state index in [0.29, 0.717) is 66.5 Å². The van der Waals surface area contributed by atoms with E-state index >= 15 is 0 Å². The molecule has 0 aromatic heterocycles. The van der Waals surface area contributed by atoms with Crippen molar-refractivity contribution >= 4 is 67.5 Å². The number of nitrogens with zero attached hydrogens (tertiary/aromatic N) is 6. The molecule has 0 aliphatic rings. The molecule has 68 heavy (non-hydrogen) atoms. The average Bonchev–Trinajstić information content (AvgIpc) is 3.37. The second-order valence-corrected chi connectivity index (χ2v) is 15.6. The largest absolute Gasteiger partial charge is 0.505 e. The molecule has 0 radical (unpaired) electrons. The maximum atomic E-state index is 13.6. The Morgan fingerprint density at radius 2 is 0.897 bits per heavy atom. The van der Waals surface area contributed by atoms with Gasteiger partial charge >= 0.3 is 0 Å². The Hall–Kier alpha value is -9.56. The summed E-state index contributed by atoms with van der Waals surface area (Å²) in [5.74, 6) is -1.68. The summed E-state index contributed by atoms with van der Waals surface area (Å²) in [5.41, 5.74) is 4.20. The van der Waals surface area contributed by atoms with Crippen molar-refractivity contribution in [3.8, 4) is 11.5 Å². The van der Waals surface area contributed by atoms with Crippen LogP contribution in [0.25, 0.3) is 21.5 Å². The number of rotatable bonds is 14. The van der Waals surface area contributed by atoms with E-state index in [1.54, 1.807) is 127 Å². The smallest absolute Gasteiger partial charge is 0.259 e. The number of hydrogen-bond acceptors (Lipinski definition) is 12. The molecule has 9 aromatic rings. The van der Waals surface area contributed by atoms with Crippen molar-refractivity contribution in [2.75, 3.05) is 10.6 Å². The van der Waals surface area contributed by atoms with Crippen LogP contribution in [0.4, 0.5) is 34.1 Å². The number of azo groups is 2. The van der Waals surface area contributed by atoms with Crippen molar-refractivity contribution in [3.05, 3.63) is 237 Å². The zero-order chi connectivity index (χ0) is 47.0. The number of phenolic OH excluding ortho intramolecular Hbond substituents is 2. The molecule has 0 bridgehead atoms. The topological polar surface area (TPSA) is 207 Å². The Labute approximate surface area is 388 Å². The Morgan fingerprint density at radius 3 is 1.44 bits per heavy atom. The van der Waals surface area contributed by atoms with Gasteiger partial charge in [0.15, 0.2) is 5.75 Å². The van der Waals surface area contributed by atoms with E-state index in [0.717, 1.165) is 0 Å². The number of nitroso groups, excluding NO2 is 2. The molecule has 14 heteroatoms. The SMILES string of the molecule is O=NC(c1ccccc1)c1ccc2c(N=Nc3ccc(N=Nc4c(O)c(C(=O)Nc5ccccc5)cc5cc(C(=O)Nc6ccccc6)ccc45)cc3)c(O)c(C(N=O)c3ccccc3)cc2c1. The molecule has 0 aliphatic heterocycles. The third-order valence-electron chi connectivity index (χ3n) is 11.2. The number of hydrogen-bond donors (Lipinski definition) is 4. The van der Waals surface area contributed by atoms with Crippen LogP contribution >= 0.6 is 0 Å². The van der Waals surface area contributed by atoms with E-state index < -0.39 is 23.7 Å². The first kappa shape index (κ1) is 43.7. The Morgan fingerprint density at radius 1 is 0.426 bits per heavy atom. The molecule has 0 saturated heterocycles. The number of aromatic hydroxyl groups is 2. The van der Waals surface area contributed by atoms with Gasteiger partial charge in [-0.3, -0.25) is 9.59 Å². The van der Waals surface area contributed by atoms with Crippen LogP contribution in [-0.4, -0.2) is 22.0 Å². The molecule has 2 atom stereocenters. The quantitative estimate of drug-likeness (QED) is 0.0616. The van der Waals surface area contributed by atoms with Crippen LogP contribution in [0.3, 0.4) is 0 Å². The highest BCUT2D eigenvalue weighted by Gasteiger charge is 2.25. The fourth-order valence-electron chi connectivity index (χ4n) is 7.82. The van der Waals surface area contributed by atoms with Crippen molar-refractivity contribution in [2.45, 2.75) is 12.1 Å². The Kier molecular flexibility index (Phi) is 12.6. The van der Waals surface area contributed by atoms with Crippen molar-refractivity contribution < 1.29 is 19.8 Å². The molecule has 14 nitrogen and oxygen atoms in total. The third kappa shape index (κ3) is 9.32. The van der Waals surface area contributed by atoms with E-state index in [9.17, 15) is 29.6 Å². The molecule has 0 spiro atoms. The predicted molar refractivity (Wildman–Crippen MR) is 263 cm³/mol. The number of phenols is 2. The molecule has 9 rings (SSSR count). The fraction of sp³-hybridized carbons (Fsp3) is 0.0370. The van der Waals surface area contributed by atoms with Crippen LogP contribution in [-0.2, 0) is 0 Å². The minimum absolute atomic E-state index is 0.00233. The number of amides is 2. The molecular weight excluding hydrogens is 857 g/mol. The number of carbonyl (C=O) groups excluding carboxylic acids is 2. The summed E-state index contributed by atoms with van der Waals surface area (Å²) in [6.45, 7) is 0. The van der Waals surface area contributed by atoms with E-state index in [1.807, 2.05) is 60.7 Å². The average molecular weight is 895 g/mol. The number of carbonyl (C=O) groups is 2. The summed E-state index contributed by atoms with van der Waals surface area (Å²) in [7, 11) is 0. The first-order chi connectivity index (χ1) is 33.3. The van der Waals surface area contributed by atoms with Gasteiger partial charge < -0.3 is 20.8 Å². The van der Waals surface area contributed by atoms with E-state index in [2.05, 4.69) is 41.4 Å². The second kappa shape index (κ2) is 19.7. The standard InChI is InChI=1S/C54H38N8O6/c63-51-45(48(62-68)34-15-7-2-8-16-34)31-37-29-35(47(61-67)33-13-5-1-6-14-33)21-27-43(37)49(51)59-57-41-23-25-42(26-24-41)58-60-50-44-28-22-36(53(65)55-39-17-9-3-10-18-39)30-38(44)32-46(52(50)64)54(66)56-40-19-11-4-12-20-40/h1-32,47-48,63-64H,(H,55,65)(H,56,66). The molecule has 0 aliphatic carbocycles. The zero-order valence-electron chi connectivity index (χ0n) is 35.8. The molecule has 0 saturated carbocycles. The van der Waals surface area contributed by atoms with E-state index in [1.165, 1.54) is 6.07 Å². The normalized spacial score (nSPS) is 12.2. The fourth-order valence-corrected chi connectivity index (χ4v) is 7.82. The lowest BCUT2D eigenvalue weighted by atomic mass is 9.92. The summed E-state index contributed by atoms with van der Waals surface area (Å²) in [5, 5.41) is 55.5. The third-order valence-corrected chi connectivity index (χ3v) is 11.2. The number of nitrogens with one attached hydrogen (secondary N) is 2. The lowest BCUT2D eigenvalue weighted by Gasteiger charge is -2.17. The van der Waals surface area contributed by atoms with Gasteiger partial charge in [0.1, 0.15) is 29.2 Å². The van der Waals surface area contributed by atoms with Gasteiger partial charge in [-0.1, -0.05) is 126 Å². The molecule has 4 N–H and O–H groups in total.